The van der Waals surface area contributed by atoms with Crippen LogP contribution < -0.4 is 5.32 Å². The minimum atomic E-state index is -0.367. The number of imidazole rings is 1. The summed E-state index contributed by atoms with van der Waals surface area (Å²) in [6, 6.07) is 5.62. The second-order valence-corrected chi connectivity index (χ2v) is 6.05. The summed E-state index contributed by atoms with van der Waals surface area (Å²) in [5.74, 6) is -0.0717. The fourth-order valence-electron chi connectivity index (χ4n) is 2.03. The highest BCUT2D eigenvalue weighted by Crippen LogP contribution is 2.21. The molecular formula is C13H16IN3O2S. The first-order valence-electron chi connectivity index (χ1n) is 6.21. The zero-order valence-corrected chi connectivity index (χ0v) is 14.2. The molecule has 2 rings (SSSR count). The number of halogens is 1. The van der Waals surface area contributed by atoms with Crippen molar-refractivity contribution in [2.45, 2.75) is 13.0 Å². The Morgan fingerprint density at radius 3 is 3.05 bits per heavy atom. The quantitative estimate of drug-likeness (QED) is 0.457. The van der Waals surface area contributed by atoms with Crippen molar-refractivity contribution in [2.75, 3.05) is 20.3 Å². The van der Waals surface area contributed by atoms with Crippen molar-refractivity contribution in [1.82, 2.24) is 14.9 Å². The molecule has 5 nitrogen and oxygen atoms in total. The number of fused-ring (bicyclic) bond motifs is 1. The number of carbonyl (C=O) groups is 1. The highest BCUT2D eigenvalue weighted by molar-refractivity contribution is 14.1. The molecule has 7 heteroatoms. The maximum atomic E-state index is 12.1. The van der Waals surface area contributed by atoms with Crippen LogP contribution in [0.1, 0.15) is 13.0 Å². The molecule has 1 aromatic carbocycles. The molecule has 1 unspecified atom stereocenters. The third-order valence-electron chi connectivity index (χ3n) is 3.05. The van der Waals surface area contributed by atoms with Gasteiger partial charge in [0.05, 0.1) is 17.6 Å². The van der Waals surface area contributed by atoms with Gasteiger partial charge in [-0.25, -0.2) is 0 Å². The summed E-state index contributed by atoms with van der Waals surface area (Å²) in [7, 11) is 1.60. The summed E-state index contributed by atoms with van der Waals surface area (Å²) >= 11 is 7.57. The number of aromatic amines is 1. The molecule has 1 amide bonds. The van der Waals surface area contributed by atoms with Crippen LogP contribution in [0.25, 0.3) is 11.0 Å². The zero-order chi connectivity index (χ0) is 14.7. The molecule has 0 fully saturated rings. The maximum absolute atomic E-state index is 12.1. The number of carbonyl (C=O) groups excluding carboxylic acids is 1. The summed E-state index contributed by atoms with van der Waals surface area (Å²) in [5.41, 5.74) is 1.88. The van der Waals surface area contributed by atoms with Crippen molar-refractivity contribution in [3.05, 3.63) is 26.5 Å². The van der Waals surface area contributed by atoms with Crippen molar-refractivity contribution in [2.24, 2.45) is 0 Å². The Hall–Kier alpha value is -0.930. The lowest BCUT2D eigenvalue weighted by molar-refractivity contribution is -0.124. The van der Waals surface area contributed by atoms with Crippen LogP contribution in [0, 0.1) is 8.34 Å². The number of aromatic nitrogens is 2. The van der Waals surface area contributed by atoms with E-state index in [2.05, 4.69) is 32.9 Å². The van der Waals surface area contributed by atoms with E-state index in [-0.39, 0.29) is 11.9 Å². The van der Waals surface area contributed by atoms with Gasteiger partial charge in [-0.3, -0.25) is 4.79 Å². The number of hydrogen-bond donors (Lipinski definition) is 2. The van der Waals surface area contributed by atoms with Crippen molar-refractivity contribution < 1.29 is 9.53 Å². The second kappa shape index (κ2) is 6.68. The number of H-pyrrole nitrogens is 1. The number of nitrogens with zero attached hydrogens (tertiary/aromatic N) is 1. The van der Waals surface area contributed by atoms with Crippen LogP contribution in [0.4, 0.5) is 0 Å². The Labute approximate surface area is 135 Å². The molecule has 108 valence electrons. The monoisotopic (exact) mass is 405 g/mol. The average Bonchev–Trinajstić information content (AvgIpc) is 2.73. The molecule has 1 heterocycles. The first kappa shape index (κ1) is 15.5. The summed E-state index contributed by atoms with van der Waals surface area (Å²) in [4.78, 5) is 15.3. The van der Waals surface area contributed by atoms with Crippen molar-refractivity contribution in [1.29, 1.82) is 0 Å². The van der Waals surface area contributed by atoms with E-state index in [0.717, 1.165) is 14.6 Å². The fourth-order valence-corrected chi connectivity index (χ4v) is 2.89. The molecule has 0 aliphatic carbocycles. The molecule has 0 saturated carbocycles. The topological polar surface area (TPSA) is 59.0 Å². The zero-order valence-electron chi connectivity index (χ0n) is 11.3. The van der Waals surface area contributed by atoms with Crippen LogP contribution in [-0.4, -0.2) is 35.7 Å². The van der Waals surface area contributed by atoms with Crippen LogP contribution in [-0.2, 0) is 9.53 Å². The van der Waals surface area contributed by atoms with Gasteiger partial charge in [-0.05, 0) is 59.9 Å². The van der Waals surface area contributed by atoms with Crippen molar-refractivity contribution in [3.8, 4) is 0 Å². The van der Waals surface area contributed by atoms with Gasteiger partial charge in [0.15, 0.2) is 4.77 Å². The number of amides is 1. The van der Waals surface area contributed by atoms with Gasteiger partial charge in [0, 0.05) is 17.2 Å². The van der Waals surface area contributed by atoms with E-state index >= 15 is 0 Å². The predicted molar refractivity (Wildman–Crippen MR) is 89.4 cm³/mol. The molecular weight excluding hydrogens is 389 g/mol. The number of nitrogens with one attached hydrogen (secondary N) is 2. The summed E-state index contributed by atoms with van der Waals surface area (Å²) in [6.45, 7) is 2.83. The normalized spacial score (nSPS) is 12.6. The van der Waals surface area contributed by atoms with E-state index in [1.54, 1.807) is 7.11 Å². The molecule has 0 saturated heterocycles. The summed E-state index contributed by atoms with van der Waals surface area (Å²) in [6.07, 6.45) is 0. The first-order chi connectivity index (χ1) is 9.54. The van der Waals surface area contributed by atoms with E-state index < -0.39 is 0 Å². The van der Waals surface area contributed by atoms with Gasteiger partial charge in [-0.15, -0.1) is 0 Å². The lowest BCUT2D eigenvalue weighted by Crippen LogP contribution is -2.33. The van der Waals surface area contributed by atoms with Crippen LogP contribution in [0.5, 0.6) is 0 Å². The van der Waals surface area contributed by atoms with Gasteiger partial charge >= 0.3 is 0 Å². The Morgan fingerprint density at radius 2 is 2.35 bits per heavy atom. The Morgan fingerprint density at radius 1 is 1.60 bits per heavy atom. The average molecular weight is 405 g/mol. The molecule has 2 aromatic rings. The highest BCUT2D eigenvalue weighted by atomic mass is 127. The standard InChI is InChI=1S/C13H16IN3O2S/c1-8(12(18)15-5-6-19-2)17-11-4-3-9(14)7-10(11)16-13(17)20/h3-4,7-8H,5-6H2,1-2H3,(H,15,18)(H,16,20). The van der Waals surface area contributed by atoms with Gasteiger partial charge in [0.25, 0.3) is 0 Å². The highest BCUT2D eigenvalue weighted by Gasteiger charge is 2.18. The van der Waals surface area contributed by atoms with Crippen LogP contribution in [0.3, 0.4) is 0 Å². The molecule has 20 heavy (non-hydrogen) atoms. The fraction of sp³-hybridized carbons (Fsp3) is 0.385. The third kappa shape index (κ3) is 3.21. The molecule has 0 aliphatic heterocycles. The lowest BCUT2D eigenvalue weighted by Gasteiger charge is -2.14. The number of benzene rings is 1. The Bertz CT molecular complexity index is 680. The SMILES string of the molecule is COCCNC(=O)C(C)n1c(=S)[nH]c2cc(I)ccc21. The summed E-state index contributed by atoms with van der Waals surface area (Å²) in [5, 5.41) is 2.83. The number of ether oxygens (including phenoxy) is 1. The lowest BCUT2D eigenvalue weighted by atomic mass is 10.2. The largest absolute Gasteiger partial charge is 0.383 e. The molecule has 0 bridgehead atoms. The first-order valence-corrected chi connectivity index (χ1v) is 7.69. The van der Waals surface area contributed by atoms with Gasteiger partial charge < -0.3 is 19.6 Å². The van der Waals surface area contributed by atoms with E-state index in [4.69, 9.17) is 17.0 Å². The van der Waals surface area contributed by atoms with Crippen molar-refractivity contribution in [3.63, 3.8) is 0 Å². The van der Waals surface area contributed by atoms with E-state index in [0.29, 0.717) is 17.9 Å². The second-order valence-electron chi connectivity index (χ2n) is 4.42. The van der Waals surface area contributed by atoms with Gasteiger partial charge in [-0.2, -0.15) is 0 Å². The summed E-state index contributed by atoms with van der Waals surface area (Å²) < 4.78 is 8.43. The smallest absolute Gasteiger partial charge is 0.242 e. The van der Waals surface area contributed by atoms with Crippen LogP contribution in [0.15, 0.2) is 18.2 Å². The molecule has 0 radical (unpaired) electrons. The number of hydrogen-bond acceptors (Lipinski definition) is 3. The van der Waals surface area contributed by atoms with E-state index in [1.165, 1.54) is 0 Å². The Balaban J connectivity index is 2.30. The van der Waals surface area contributed by atoms with Crippen LogP contribution in [0.2, 0.25) is 0 Å². The van der Waals surface area contributed by atoms with E-state index in [9.17, 15) is 4.79 Å². The number of methoxy groups -OCH3 is 1. The Kier molecular flexibility index (Phi) is 5.17. The number of rotatable bonds is 5. The molecule has 0 aliphatic rings. The third-order valence-corrected chi connectivity index (χ3v) is 4.02. The molecule has 1 aromatic heterocycles. The molecule has 2 N–H and O–H groups in total. The minimum absolute atomic E-state index is 0.0717. The minimum Gasteiger partial charge on any atom is -0.383 e. The van der Waals surface area contributed by atoms with Crippen molar-refractivity contribution >= 4 is 51.7 Å². The van der Waals surface area contributed by atoms with Gasteiger partial charge in [0.2, 0.25) is 5.91 Å². The predicted octanol–water partition coefficient (Wildman–Crippen LogP) is 2.63. The van der Waals surface area contributed by atoms with E-state index in [1.807, 2.05) is 29.7 Å². The van der Waals surface area contributed by atoms with Gasteiger partial charge in [-0.1, -0.05) is 0 Å². The maximum Gasteiger partial charge on any atom is 0.242 e. The molecule has 1 atom stereocenters. The van der Waals surface area contributed by atoms with Gasteiger partial charge in [0.1, 0.15) is 6.04 Å². The van der Waals surface area contributed by atoms with Crippen LogP contribution >= 0.6 is 34.8 Å². The molecule has 0 spiro atoms.